The molecule has 1 aromatic carbocycles. The molecule has 33 heavy (non-hydrogen) atoms. The number of Topliss-reactive ketones (excluding diaryl/α,β-unsaturated/α-hetero) is 1. The Balaban J connectivity index is 1.56. The maximum atomic E-state index is 13.7. The molecule has 0 bridgehead atoms. The van der Waals surface area contributed by atoms with Gasteiger partial charge in [0.05, 0.1) is 11.6 Å². The predicted molar refractivity (Wildman–Crippen MR) is 129 cm³/mol. The average Bonchev–Trinajstić information content (AvgIpc) is 3.46. The van der Waals surface area contributed by atoms with Gasteiger partial charge in [-0.05, 0) is 71.9 Å². The third-order valence-corrected chi connectivity index (χ3v) is 7.96. The molecule has 0 saturated heterocycles. The van der Waals surface area contributed by atoms with Crippen LogP contribution in [0.4, 0.5) is 0 Å². The van der Waals surface area contributed by atoms with E-state index >= 15 is 0 Å². The summed E-state index contributed by atoms with van der Waals surface area (Å²) in [5, 5.41) is 12.3. The van der Waals surface area contributed by atoms with Crippen molar-refractivity contribution in [3.8, 4) is 11.1 Å². The van der Waals surface area contributed by atoms with Crippen LogP contribution in [0.3, 0.4) is 0 Å². The first kappa shape index (κ1) is 20.5. The van der Waals surface area contributed by atoms with Gasteiger partial charge in [0.2, 0.25) is 0 Å². The van der Waals surface area contributed by atoms with Gasteiger partial charge in [-0.25, -0.2) is 0 Å². The van der Waals surface area contributed by atoms with E-state index in [4.69, 9.17) is 0 Å². The summed E-state index contributed by atoms with van der Waals surface area (Å²) in [6.07, 6.45) is 9.16. The zero-order chi connectivity index (χ0) is 22.8. The molecule has 0 spiro atoms. The summed E-state index contributed by atoms with van der Waals surface area (Å²) in [6.45, 7) is 6.54. The van der Waals surface area contributed by atoms with Crippen LogP contribution >= 0.6 is 0 Å². The lowest BCUT2D eigenvalue weighted by Gasteiger charge is -2.47. The van der Waals surface area contributed by atoms with E-state index in [9.17, 15) is 4.79 Å². The molecule has 2 atom stereocenters. The van der Waals surface area contributed by atoms with Crippen LogP contribution in [0.1, 0.15) is 63.3 Å². The number of carbonyl (C=O) groups is 1. The summed E-state index contributed by atoms with van der Waals surface area (Å²) in [5.41, 5.74) is 8.76. The molecule has 0 fully saturated rings. The van der Waals surface area contributed by atoms with Crippen molar-refractivity contribution in [3.05, 3.63) is 76.4 Å². The van der Waals surface area contributed by atoms with Crippen LogP contribution in [0.2, 0.25) is 0 Å². The fourth-order valence-electron chi connectivity index (χ4n) is 6.58. The minimum absolute atomic E-state index is 0.0567. The van der Waals surface area contributed by atoms with Gasteiger partial charge >= 0.3 is 0 Å². The zero-order valence-corrected chi connectivity index (χ0v) is 19.6. The number of hydrogen-bond acceptors (Lipinski definition) is 5. The molecule has 4 aliphatic rings. The topological polar surface area (TPSA) is 66.7 Å². The fourth-order valence-corrected chi connectivity index (χ4v) is 6.58. The van der Waals surface area contributed by atoms with Gasteiger partial charge in [0, 0.05) is 35.2 Å². The van der Waals surface area contributed by atoms with Crippen molar-refractivity contribution in [1.29, 1.82) is 0 Å². The van der Waals surface area contributed by atoms with Crippen LogP contribution in [-0.2, 0) is 23.1 Å². The summed E-state index contributed by atoms with van der Waals surface area (Å²) in [7, 11) is 0. The Hall–Kier alpha value is -3.08. The van der Waals surface area contributed by atoms with Crippen LogP contribution in [-0.4, -0.2) is 16.9 Å². The number of aryl methyl sites for hydroxylation is 1. The van der Waals surface area contributed by atoms with E-state index in [1.807, 2.05) is 12.4 Å². The number of benzene rings is 1. The quantitative estimate of drug-likeness (QED) is 0.658. The van der Waals surface area contributed by atoms with E-state index in [2.05, 4.69) is 71.6 Å². The van der Waals surface area contributed by atoms with Gasteiger partial charge in [-0.3, -0.25) is 9.78 Å². The van der Waals surface area contributed by atoms with E-state index in [1.165, 1.54) is 28.8 Å². The number of rotatable bonds is 3. The van der Waals surface area contributed by atoms with E-state index < -0.39 is 5.41 Å². The molecule has 2 aromatic rings. The molecule has 6 rings (SSSR count). The summed E-state index contributed by atoms with van der Waals surface area (Å²) < 4.78 is 0. The highest BCUT2D eigenvalue weighted by Gasteiger charge is 2.53. The number of azo groups is 1. The van der Waals surface area contributed by atoms with Crippen molar-refractivity contribution in [1.82, 2.24) is 10.3 Å². The second-order valence-corrected chi connectivity index (χ2v) is 10.6. The van der Waals surface area contributed by atoms with Crippen molar-refractivity contribution in [3.63, 3.8) is 0 Å². The fraction of sp³-hybridized carbons (Fsp3) is 0.429. The molecule has 2 aliphatic heterocycles. The molecule has 5 heteroatoms. The standard InChI is InChI=1S/C28H30N4O/c1-4-28(18-8-5-7-17(13-18)19-11-12-29-22-10-6-9-20(19)22)21-16-30-32-26(21)31-23-14-27(2,3)15-24(33)25(23)28/h5,7-8,11-13,16,26,31H,4,6,9-10,14-15H2,1-3H3/t26?,28-/m0/s1. The smallest absolute Gasteiger partial charge is 0.164 e. The number of fused-ring (bicyclic) bond motifs is 2. The molecular formula is C28H30N4O. The maximum absolute atomic E-state index is 13.7. The summed E-state index contributed by atoms with van der Waals surface area (Å²) in [5.74, 6) is 0.247. The van der Waals surface area contributed by atoms with Crippen molar-refractivity contribution < 1.29 is 4.79 Å². The molecule has 2 aliphatic carbocycles. The second kappa shape index (κ2) is 7.21. The lowest BCUT2D eigenvalue weighted by Crippen LogP contribution is -2.51. The molecule has 168 valence electrons. The first-order valence-electron chi connectivity index (χ1n) is 12.1. The second-order valence-electron chi connectivity index (χ2n) is 10.6. The van der Waals surface area contributed by atoms with E-state index in [0.717, 1.165) is 48.1 Å². The first-order valence-corrected chi connectivity index (χ1v) is 12.1. The van der Waals surface area contributed by atoms with E-state index in [-0.39, 0.29) is 17.4 Å². The van der Waals surface area contributed by atoms with Gasteiger partial charge in [-0.15, -0.1) is 0 Å². The number of nitrogens with one attached hydrogen (secondary N) is 1. The van der Waals surface area contributed by atoms with Gasteiger partial charge in [-0.1, -0.05) is 39.0 Å². The Bertz CT molecular complexity index is 1270. The highest BCUT2D eigenvalue weighted by molar-refractivity contribution is 6.01. The molecule has 1 N–H and O–H groups in total. The largest absolute Gasteiger partial charge is 0.362 e. The van der Waals surface area contributed by atoms with E-state index in [0.29, 0.717) is 6.42 Å². The number of hydrogen-bond donors (Lipinski definition) is 1. The molecule has 0 radical (unpaired) electrons. The lowest BCUT2D eigenvalue weighted by molar-refractivity contribution is -0.119. The maximum Gasteiger partial charge on any atom is 0.164 e. The van der Waals surface area contributed by atoms with Crippen molar-refractivity contribution in [2.75, 3.05) is 0 Å². The van der Waals surface area contributed by atoms with Crippen molar-refractivity contribution in [2.24, 2.45) is 15.6 Å². The van der Waals surface area contributed by atoms with Gasteiger partial charge in [-0.2, -0.15) is 10.2 Å². The highest BCUT2D eigenvalue weighted by Crippen LogP contribution is 2.54. The first-order chi connectivity index (χ1) is 15.9. The number of pyridine rings is 1. The van der Waals surface area contributed by atoms with Gasteiger partial charge in [0.25, 0.3) is 0 Å². The Morgan fingerprint density at radius 3 is 2.88 bits per heavy atom. The van der Waals surface area contributed by atoms with Crippen LogP contribution in [0, 0.1) is 5.41 Å². The summed E-state index contributed by atoms with van der Waals surface area (Å²) >= 11 is 0. The van der Waals surface area contributed by atoms with Crippen LogP contribution in [0.15, 0.2) is 69.8 Å². The van der Waals surface area contributed by atoms with Gasteiger partial charge in [0.1, 0.15) is 0 Å². The Labute approximate surface area is 195 Å². The number of allylic oxidation sites excluding steroid dienone is 2. The number of ketones is 1. The van der Waals surface area contributed by atoms with Gasteiger partial charge < -0.3 is 5.32 Å². The normalized spacial score (nSPS) is 27.1. The van der Waals surface area contributed by atoms with Crippen LogP contribution in [0.25, 0.3) is 11.1 Å². The minimum atomic E-state index is -0.505. The number of nitrogens with zero attached hydrogens (tertiary/aromatic N) is 3. The van der Waals surface area contributed by atoms with Crippen LogP contribution in [0.5, 0.6) is 0 Å². The third-order valence-electron chi connectivity index (χ3n) is 7.96. The lowest BCUT2D eigenvalue weighted by atomic mass is 9.58. The molecular weight excluding hydrogens is 408 g/mol. The molecule has 3 heterocycles. The zero-order valence-electron chi connectivity index (χ0n) is 19.6. The highest BCUT2D eigenvalue weighted by atomic mass is 16.1. The third kappa shape index (κ3) is 2.98. The SMILES string of the molecule is CC[C@]1(c2cccc(-c3ccnc4c3CCC4)c2)C2=CN=NC2NC2=C1C(=O)CC(C)(C)C2. The Kier molecular flexibility index (Phi) is 4.48. The summed E-state index contributed by atoms with van der Waals surface area (Å²) in [4.78, 5) is 18.3. The van der Waals surface area contributed by atoms with E-state index in [1.54, 1.807) is 0 Å². The van der Waals surface area contributed by atoms with Crippen molar-refractivity contribution in [2.45, 2.75) is 70.9 Å². The average molecular weight is 439 g/mol. The minimum Gasteiger partial charge on any atom is -0.362 e. The summed E-state index contributed by atoms with van der Waals surface area (Å²) in [6, 6.07) is 11.0. The molecule has 5 nitrogen and oxygen atoms in total. The molecule has 0 saturated carbocycles. The number of aromatic nitrogens is 1. The monoisotopic (exact) mass is 438 g/mol. The predicted octanol–water partition coefficient (Wildman–Crippen LogP) is 5.81. The van der Waals surface area contributed by atoms with Gasteiger partial charge in [0.15, 0.2) is 11.9 Å². The van der Waals surface area contributed by atoms with Crippen molar-refractivity contribution >= 4 is 5.78 Å². The Morgan fingerprint density at radius 1 is 1.15 bits per heavy atom. The molecule has 0 amide bonds. The van der Waals surface area contributed by atoms with Crippen LogP contribution < -0.4 is 5.32 Å². The molecule has 1 unspecified atom stereocenters. The Morgan fingerprint density at radius 2 is 2.03 bits per heavy atom. The number of carbonyl (C=O) groups excluding carboxylic acids is 1. The molecule has 1 aromatic heterocycles.